The van der Waals surface area contributed by atoms with E-state index in [9.17, 15) is 18.5 Å². The van der Waals surface area contributed by atoms with Crippen LogP contribution >= 0.6 is 0 Å². The van der Waals surface area contributed by atoms with Gasteiger partial charge < -0.3 is 9.73 Å². The largest absolute Gasteiger partial charge is 0.444 e. The van der Waals surface area contributed by atoms with Crippen molar-refractivity contribution in [3.63, 3.8) is 0 Å². The molecule has 1 fully saturated rings. The summed E-state index contributed by atoms with van der Waals surface area (Å²) in [5, 5.41) is 14.7. The van der Waals surface area contributed by atoms with Crippen LogP contribution in [-0.2, 0) is 16.4 Å². The van der Waals surface area contributed by atoms with Gasteiger partial charge in [-0.15, -0.1) is 0 Å². The van der Waals surface area contributed by atoms with Crippen LogP contribution in [0.3, 0.4) is 0 Å². The minimum atomic E-state index is -3.77. The standard InChI is InChI=1S/C23H26N4O5S/c28-27(29)22-16-20(33(30,31)26-14-6-1-2-7-15-26)10-11-21(22)24-13-12-19-17-32-23(25-19)18-8-4-3-5-9-18/h3-5,8-11,16-17,24H,1-2,6-7,12-15H2. The van der Waals surface area contributed by atoms with Crippen molar-refractivity contribution in [3.05, 3.63) is 70.6 Å². The molecule has 0 saturated carbocycles. The van der Waals surface area contributed by atoms with Gasteiger partial charge in [0.15, 0.2) is 0 Å². The fourth-order valence-electron chi connectivity index (χ4n) is 3.86. The Bertz CT molecular complexity index is 1200. The Morgan fingerprint density at radius 3 is 2.48 bits per heavy atom. The third kappa shape index (κ3) is 5.40. The van der Waals surface area contributed by atoms with Gasteiger partial charge in [-0.25, -0.2) is 13.4 Å². The highest BCUT2D eigenvalue weighted by Gasteiger charge is 2.28. The van der Waals surface area contributed by atoms with Crippen molar-refractivity contribution in [1.82, 2.24) is 9.29 Å². The molecule has 1 aromatic heterocycles. The Labute approximate surface area is 192 Å². The number of nitrogens with one attached hydrogen (secondary N) is 1. The first-order valence-electron chi connectivity index (χ1n) is 11.0. The number of hydrogen-bond donors (Lipinski definition) is 1. The zero-order chi connectivity index (χ0) is 23.3. The quantitative estimate of drug-likeness (QED) is 0.381. The molecule has 3 aromatic rings. The van der Waals surface area contributed by atoms with Gasteiger partial charge in [-0.1, -0.05) is 31.0 Å². The zero-order valence-electron chi connectivity index (χ0n) is 18.1. The van der Waals surface area contributed by atoms with E-state index in [1.807, 2.05) is 30.3 Å². The SMILES string of the molecule is O=[N+]([O-])c1cc(S(=O)(=O)N2CCCCCC2)ccc1NCCc1coc(-c2ccccc2)n1. The fraction of sp³-hybridized carbons (Fsp3) is 0.348. The van der Waals surface area contributed by atoms with Gasteiger partial charge in [-0.2, -0.15) is 4.31 Å². The third-order valence-corrected chi connectivity index (χ3v) is 7.53. The summed E-state index contributed by atoms with van der Waals surface area (Å²) in [4.78, 5) is 15.5. The Kier molecular flexibility index (Phi) is 7.05. The van der Waals surface area contributed by atoms with Gasteiger partial charge in [-0.05, 0) is 37.1 Å². The molecular weight excluding hydrogens is 444 g/mol. The van der Waals surface area contributed by atoms with Crippen LogP contribution in [0.25, 0.3) is 11.5 Å². The summed E-state index contributed by atoms with van der Waals surface area (Å²) in [6, 6.07) is 13.5. The van der Waals surface area contributed by atoms with Gasteiger partial charge in [0.1, 0.15) is 12.0 Å². The topological polar surface area (TPSA) is 119 Å². The van der Waals surface area contributed by atoms with Crippen LogP contribution in [0.1, 0.15) is 31.4 Å². The number of benzene rings is 2. The second-order valence-electron chi connectivity index (χ2n) is 7.94. The van der Waals surface area contributed by atoms with Crippen LogP contribution in [0.2, 0.25) is 0 Å². The summed E-state index contributed by atoms with van der Waals surface area (Å²) >= 11 is 0. The molecular formula is C23H26N4O5S. The Balaban J connectivity index is 1.45. The number of nitro groups is 1. The molecule has 0 bridgehead atoms. The van der Waals surface area contributed by atoms with E-state index in [0.717, 1.165) is 37.3 Å². The van der Waals surface area contributed by atoms with Crippen molar-refractivity contribution >= 4 is 21.4 Å². The van der Waals surface area contributed by atoms with Crippen molar-refractivity contribution in [3.8, 4) is 11.5 Å². The van der Waals surface area contributed by atoms with Gasteiger partial charge in [0, 0.05) is 37.7 Å². The maximum atomic E-state index is 13.0. The average Bonchev–Trinajstić information content (AvgIpc) is 3.11. The molecule has 0 spiro atoms. The highest BCUT2D eigenvalue weighted by atomic mass is 32.2. The molecule has 1 aliphatic rings. The van der Waals surface area contributed by atoms with Crippen molar-refractivity contribution in [1.29, 1.82) is 0 Å². The number of aromatic nitrogens is 1. The molecule has 33 heavy (non-hydrogen) atoms. The van der Waals surface area contributed by atoms with Crippen LogP contribution in [0.5, 0.6) is 0 Å². The maximum Gasteiger partial charge on any atom is 0.293 e. The first-order chi connectivity index (χ1) is 15.9. The van der Waals surface area contributed by atoms with E-state index in [0.29, 0.717) is 37.6 Å². The molecule has 9 nitrogen and oxygen atoms in total. The predicted octanol–water partition coefficient (Wildman–Crippen LogP) is 4.47. The summed E-state index contributed by atoms with van der Waals surface area (Å²) in [7, 11) is -3.77. The van der Waals surface area contributed by atoms with E-state index in [2.05, 4.69) is 10.3 Å². The zero-order valence-corrected chi connectivity index (χ0v) is 19.0. The molecule has 0 unspecified atom stereocenters. The Morgan fingerprint density at radius 2 is 1.79 bits per heavy atom. The normalized spacial score (nSPS) is 15.2. The fourth-order valence-corrected chi connectivity index (χ4v) is 5.40. The van der Waals surface area contributed by atoms with Crippen LogP contribution in [0.15, 0.2) is 64.1 Å². The lowest BCUT2D eigenvalue weighted by Gasteiger charge is -2.20. The van der Waals surface area contributed by atoms with Gasteiger partial charge in [0.05, 0.1) is 15.5 Å². The van der Waals surface area contributed by atoms with Crippen molar-refractivity contribution in [2.24, 2.45) is 0 Å². The van der Waals surface area contributed by atoms with Crippen molar-refractivity contribution in [2.75, 3.05) is 25.0 Å². The monoisotopic (exact) mass is 470 g/mol. The molecule has 0 amide bonds. The van der Waals surface area contributed by atoms with Crippen LogP contribution in [0, 0.1) is 10.1 Å². The molecule has 0 aliphatic carbocycles. The second-order valence-corrected chi connectivity index (χ2v) is 9.88. The number of hydrogen-bond acceptors (Lipinski definition) is 7. The van der Waals surface area contributed by atoms with E-state index in [4.69, 9.17) is 4.42 Å². The molecule has 1 N–H and O–H groups in total. The summed E-state index contributed by atoms with van der Waals surface area (Å²) < 4.78 is 33.0. The van der Waals surface area contributed by atoms with Crippen molar-refractivity contribution < 1.29 is 17.8 Å². The van der Waals surface area contributed by atoms with Crippen LogP contribution < -0.4 is 5.32 Å². The minimum Gasteiger partial charge on any atom is -0.444 e. The van der Waals surface area contributed by atoms with Gasteiger partial charge in [0.2, 0.25) is 15.9 Å². The number of rotatable bonds is 8. The highest BCUT2D eigenvalue weighted by Crippen LogP contribution is 2.30. The number of anilines is 1. The lowest BCUT2D eigenvalue weighted by molar-refractivity contribution is -0.384. The van der Waals surface area contributed by atoms with Gasteiger partial charge in [0.25, 0.3) is 5.69 Å². The molecule has 1 saturated heterocycles. The average molecular weight is 471 g/mol. The van der Waals surface area contributed by atoms with E-state index < -0.39 is 14.9 Å². The second kappa shape index (κ2) is 10.1. The van der Waals surface area contributed by atoms with E-state index in [1.165, 1.54) is 16.4 Å². The number of nitrogens with zero attached hydrogens (tertiary/aromatic N) is 3. The maximum absolute atomic E-state index is 13.0. The summed E-state index contributed by atoms with van der Waals surface area (Å²) in [6.07, 6.45) is 5.64. The summed E-state index contributed by atoms with van der Waals surface area (Å²) in [6.45, 7) is 1.26. The Hall–Kier alpha value is -3.24. The van der Waals surface area contributed by atoms with Gasteiger partial charge in [-0.3, -0.25) is 10.1 Å². The molecule has 2 heterocycles. The molecule has 1 aliphatic heterocycles. The molecule has 4 rings (SSSR count). The minimum absolute atomic E-state index is 0.0503. The highest BCUT2D eigenvalue weighted by molar-refractivity contribution is 7.89. The predicted molar refractivity (Wildman–Crippen MR) is 124 cm³/mol. The molecule has 174 valence electrons. The lowest BCUT2D eigenvalue weighted by Crippen LogP contribution is -2.32. The van der Waals surface area contributed by atoms with E-state index >= 15 is 0 Å². The van der Waals surface area contributed by atoms with Crippen LogP contribution in [-0.4, -0.2) is 42.3 Å². The number of sulfonamides is 1. The summed E-state index contributed by atoms with van der Waals surface area (Å²) in [5.41, 5.74) is 1.58. The number of nitro benzene ring substituents is 1. The van der Waals surface area contributed by atoms with E-state index in [-0.39, 0.29) is 16.3 Å². The van der Waals surface area contributed by atoms with Crippen LogP contribution in [0.4, 0.5) is 11.4 Å². The smallest absolute Gasteiger partial charge is 0.293 e. The molecule has 2 aromatic carbocycles. The first kappa shape index (κ1) is 22.9. The third-order valence-electron chi connectivity index (χ3n) is 5.64. The Morgan fingerprint density at radius 1 is 1.06 bits per heavy atom. The number of oxazole rings is 1. The lowest BCUT2D eigenvalue weighted by atomic mass is 10.2. The molecule has 0 radical (unpaired) electrons. The summed E-state index contributed by atoms with van der Waals surface area (Å²) in [5.74, 6) is 0.514. The van der Waals surface area contributed by atoms with Crippen molar-refractivity contribution in [2.45, 2.75) is 37.0 Å². The molecule has 10 heteroatoms. The molecule has 0 atom stereocenters. The van der Waals surface area contributed by atoms with E-state index in [1.54, 1.807) is 6.26 Å². The first-order valence-corrected chi connectivity index (χ1v) is 12.4. The van der Waals surface area contributed by atoms with Gasteiger partial charge >= 0.3 is 0 Å².